The molecule has 1 amide bonds. The molecule has 3 aliphatic rings. The Bertz CT molecular complexity index is 728. The molecule has 1 aromatic carbocycles. The molecule has 2 heterocycles. The number of fused-ring (bicyclic) bond motifs is 1. The van der Waals surface area contributed by atoms with Crippen LogP contribution >= 0.6 is 12.2 Å². The number of nitrogens with one attached hydrogen (secondary N) is 1. The van der Waals surface area contributed by atoms with Crippen molar-refractivity contribution < 1.29 is 24.1 Å². The quantitative estimate of drug-likeness (QED) is 0.601. The maximum Gasteiger partial charge on any atom is 0.228 e. The molecule has 2 aliphatic heterocycles. The number of carbonyl (C=O) groups is 1. The SMILES string of the molecule is O=C(C1CC(O)C(O)C2NC(=S)N(c3ccc(F)cc3)C12)N1CCOCC1. The smallest absolute Gasteiger partial charge is 0.228 e. The molecule has 9 heteroatoms. The second kappa shape index (κ2) is 7.31. The summed E-state index contributed by atoms with van der Waals surface area (Å²) in [6, 6.07) is 4.81. The van der Waals surface area contributed by atoms with E-state index in [0.29, 0.717) is 37.1 Å². The molecular weight excluding hydrogens is 373 g/mol. The van der Waals surface area contributed by atoms with Crippen LogP contribution in [-0.2, 0) is 9.53 Å². The third kappa shape index (κ3) is 3.29. The number of aliphatic hydroxyl groups is 2. The Morgan fingerprint density at radius 2 is 1.89 bits per heavy atom. The van der Waals surface area contributed by atoms with Gasteiger partial charge in [0.2, 0.25) is 5.91 Å². The van der Waals surface area contributed by atoms with Crippen LogP contribution in [0.4, 0.5) is 10.1 Å². The first-order valence-electron chi connectivity index (χ1n) is 9.05. The summed E-state index contributed by atoms with van der Waals surface area (Å²) < 4.78 is 18.7. The molecule has 5 unspecified atom stereocenters. The fourth-order valence-corrected chi connectivity index (χ4v) is 4.61. The number of hydrogen-bond acceptors (Lipinski definition) is 5. The van der Waals surface area contributed by atoms with E-state index in [1.54, 1.807) is 21.9 Å². The fraction of sp³-hybridized carbons (Fsp3) is 0.556. The molecule has 4 rings (SSSR count). The number of halogens is 1. The van der Waals surface area contributed by atoms with Crippen molar-refractivity contribution in [2.75, 3.05) is 31.2 Å². The van der Waals surface area contributed by atoms with Crippen molar-refractivity contribution >= 4 is 28.9 Å². The van der Waals surface area contributed by atoms with Gasteiger partial charge in [0, 0.05) is 18.8 Å². The summed E-state index contributed by atoms with van der Waals surface area (Å²) in [7, 11) is 0. The number of benzene rings is 1. The molecule has 0 bridgehead atoms. The Kier molecular flexibility index (Phi) is 5.02. The molecular formula is C18H22FN3O4S. The van der Waals surface area contributed by atoms with Crippen molar-refractivity contribution in [1.29, 1.82) is 0 Å². The number of anilines is 1. The molecule has 3 N–H and O–H groups in total. The minimum atomic E-state index is -1.05. The van der Waals surface area contributed by atoms with Gasteiger partial charge in [-0.3, -0.25) is 4.79 Å². The molecule has 0 radical (unpaired) electrons. The lowest BCUT2D eigenvalue weighted by Gasteiger charge is -2.43. The van der Waals surface area contributed by atoms with Gasteiger partial charge in [0.15, 0.2) is 5.11 Å². The largest absolute Gasteiger partial charge is 0.390 e. The lowest BCUT2D eigenvalue weighted by atomic mass is 9.77. The number of carbonyl (C=O) groups excluding carboxylic acids is 1. The van der Waals surface area contributed by atoms with E-state index >= 15 is 0 Å². The Morgan fingerprint density at radius 1 is 1.22 bits per heavy atom. The van der Waals surface area contributed by atoms with Crippen molar-refractivity contribution in [3.05, 3.63) is 30.1 Å². The van der Waals surface area contributed by atoms with Crippen molar-refractivity contribution in [2.24, 2.45) is 5.92 Å². The van der Waals surface area contributed by atoms with Crippen LogP contribution < -0.4 is 10.2 Å². The molecule has 3 fully saturated rings. The highest BCUT2D eigenvalue weighted by molar-refractivity contribution is 7.80. The van der Waals surface area contributed by atoms with Crippen LogP contribution in [0.3, 0.4) is 0 Å². The van der Waals surface area contributed by atoms with Gasteiger partial charge in [-0.05, 0) is 42.9 Å². The molecule has 27 heavy (non-hydrogen) atoms. The number of amides is 1. The molecule has 0 spiro atoms. The summed E-state index contributed by atoms with van der Waals surface area (Å²) in [5, 5.41) is 24.2. The Balaban J connectivity index is 1.68. The monoisotopic (exact) mass is 395 g/mol. The molecule has 146 valence electrons. The van der Waals surface area contributed by atoms with Crippen molar-refractivity contribution in [1.82, 2.24) is 10.2 Å². The number of thiocarbonyl (C=S) groups is 1. The zero-order valence-corrected chi connectivity index (χ0v) is 15.4. The van der Waals surface area contributed by atoms with Gasteiger partial charge in [-0.15, -0.1) is 0 Å². The summed E-state index contributed by atoms with van der Waals surface area (Å²) in [5.41, 5.74) is 0.643. The predicted molar refractivity (Wildman–Crippen MR) is 99.7 cm³/mol. The molecule has 5 atom stereocenters. The average molecular weight is 395 g/mol. The van der Waals surface area contributed by atoms with Crippen molar-refractivity contribution in [3.63, 3.8) is 0 Å². The summed E-state index contributed by atoms with van der Waals surface area (Å²) in [6.07, 6.45) is -1.93. The number of morpholine rings is 1. The van der Waals surface area contributed by atoms with Crippen LogP contribution in [0.5, 0.6) is 0 Å². The standard InChI is InChI=1S/C18H22FN3O4S/c19-10-1-3-11(4-2-10)22-15-12(17(25)21-5-7-26-8-6-21)9-13(23)16(24)14(15)20-18(22)27/h1-4,12-16,23-24H,5-9H2,(H,20,27). The fourth-order valence-electron chi connectivity index (χ4n) is 4.25. The lowest BCUT2D eigenvalue weighted by Crippen LogP contribution is -2.61. The van der Waals surface area contributed by atoms with E-state index in [1.807, 2.05) is 0 Å². The van der Waals surface area contributed by atoms with E-state index in [9.17, 15) is 19.4 Å². The van der Waals surface area contributed by atoms with Crippen LogP contribution in [0.1, 0.15) is 6.42 Å². The number of nitrogens with zero attached hydrogens (tertiary/aromatic N) is 2. The first kappa shape index (κ1) is 18.5. The minimum Gasteiger partial charge on any atom is -0.390 e. The van der Waals surface area contributed by atoms with Crippen LogP contribution in [0, 0.1) is 11.7 Å². The summed E-state index contributed by atoms with van der Waals surface area (Å²) in [6.45, 7) is 1.96. The second-order valence-electron chi connectivity index (χ2n) is 7.15. The van der Waals surface area contributed by atoms with Gasteiger partial charge < -0.3 is 30.1 Å². The first-order valence-corrected chi connectivity index (χ1v) is 9.46. The summed E-state index contributed by atoms with van der Waals surface area (Å²) in [4.78, 5) is 16.7. The van der Waals surface area contributed by atoms with Gasteiger partial charge in [0.1, 0.15) is 11.9 Å². The first-order chi connectivity index (χ1) is 13.0. The highest BCUT2D eigenvalue weighted by Gasteiger charge is 2.54. The van der Waals surface area contributed by atoms with Gasteiger partial charge in [-0.25, -0.2) is 4.39 Å². The zero-order valence-electron chi connectivity index (χ0n) is 14.6. The van der Waals surface area contributed by atoms with E-state index in [-0.39, 0.29) is 18.1 Å². The van der Waals surface area contributed by atoms with Crippen LogP contribution in [0.2, 0.25) is 0 Å². The molecule has 7 nitrogen and oxygen atoms in total. The zero-order chi connectivity index (χ0) is 19.1. The summed E-state index contributed by atoms with van der Waals surface area (Å²) in [5.74, 6) is -1.00. The Hall–Kier alpha value is -1.81. The maximum atomic E-state index is 13.4. The maximum absolute atomic E-state index is 13.4. The average Bonchev–Trinajstić information content (AvgIpc) is 3.03. The van der Waals surface area contributed by atoms with Gasteiger partial charge in [0.25, 0.3) is 0 Å². The lowest BCUT2D eigenvalue weighted by molar-refractivity contribution is -0.145. The molecule has 1 aromatic rings. The van der Waals surface area contributed by atoms with E-state index in [2.05, 4.69) is 5.32 Å². The highest BCUT2D eigenvalue weighted by atomic mass is 32.1. The normalized spacial score (nSPS) is 33.6. The third-order valence-electron chi connectivity index (χ3n) is 5.59. The molecule has 0 aromatic heterocycles. The highest BCUT2D eigenvalue weighted by Crippen LogP contribution is 2.37. The Labute approximate surface area is 161 Å². The number of hydrogen-bond donors (Lipinski definition) is 3. The predicted octanol–water partition coefficient (Wildman–Crippen LogP) is -0.142. The van der Waals surface area contributed by atoms with Crippen LogP contribution in [-0.4, -0.2) is 76.7 Å². The van der Waals surface area contributed by atoms with Gasteiger partial charge in [-0.1, -0.05) is 0 Å². The second-order valence-corrected chi connectivity index (χ2v) is 7.54. The van der Waals surface area contributed by atoms with Gasteiger partial charge in [0.05, 0.1) is 37.3 Å². The topological polar surface area (TPSA) is 85.3 Å². The summed E-state index contributed by atoms with van der Waals surface area (Å²) >= 11 is 5.44. The van der Waals surface area contributed by atoms with E-state index in [4.69, 9.17) is 17.0 Å². The van der Waals surface area contributed by atoms with E-state index < -0.39 is 30.2 Å². The van der Waals surface area contributed by atoms with Gasteiger partial charge in [-0.2, -0.15) is 0 Å². The van der Waals surface area contributed by atoms with E-state index in [1.165, 1.54) is 12.1 Å². The van der Waals surface area contributed by atoms with Crippen molar-refractivity contribution in [3.8, 4) is 0 Å². The van der Waals surface area contributed by atoms with Crippen LogP contribution in [0.25, 0.3) is 0 Å². The number of aliphatic hydroxyl groups excluding tert-OH is 2. The van der Waals surface area contributed by atoms with E-state index in [0.717, 1.165) is 0 Å². The van der Waals surface area contributed by atoms with Gasteiger partial charge >= 0.3 is 0 Å². The molecule has 1 saturated carbocycles. The number of ether oxygens (including phenoxy) is 1. The minimum absolute atomic E-state index is 0.0853. The third-order valence-corrected chi connectivity index (χ3v) is 5.90. The molecule has 2 saturated heterocycles. The number of rotatable bonds is 2. The Morgan fingerprint density at radius 3 is 2.56 bits per heavy atom. The van der Waals surface area contributed by atoms with Crippen LogP contribution in [0.15, 0.2) is 24.3 Å². The molecule has 1 aliphatic carbocycles. The van der Waals surface area contributed by atoms with Crippen molar-refractivity contribution in [2.45, 2.75) is 30.7 Å².